The SMILES string of the molecule is CCOc1ccc(-n2ccn(CC(=O)Nc3ccc(C(C)=O)cc3)c(=O)c2=O)cc1. The van der Waals surface area contributed by atoms with E-state index in [2.05, 4.69) is 5.32 Å². The van der Waals surface area contributed by atoms with E-state index in [1.165, 1.54) is 23.9 Å². The molecule has 0 spiro atoms. The molecule has 0 fully saturated rings. The van der Waals surface area contributed by atoms with E-state index in [1.807, 2.05) is 6.92 Å². The molecule has 3 rings (SSSR count). The van der Waals surface area contributed by atoms with Gasteiger partial charge in [0.05, 0.1) is 6.61 Å². The normalized spacial score (nSPS) is 10.5. The van der Waals surface area contributed by atoms with Crippen LogP contribution in [0.5, 0.6) is 5.75 Å². The zero-order chi connectivity index (χ0) is 21.7. The van der Waals surface area contributed by atoms with Crippen molar-refractivity contribution in [3.8, 4) is 11.4 Å². The summed E-state index contributed by atoms with van der Waals surface area (Å²) in [5.74, 6) is 0.120. The molecular weight excluding hydrogens is 386 g/mol. The van der Waals surface area contributed by atoms with Gasteiger partial charge in [0.15, 0.2) is 5.78 Å². The number of nitrogens with one attached hydrogen (secondary N) is 1. The molecule has 0 bridgehead atoms. The fraction of sp³-hybridized carbons (Fsp3) is 0.182. The number of nitrogens with zero attached hydrogens (tertiary/aromatic N) is 2. The van der Waals surface area contributed by atoms with Crippen LogP contribution in [0.15, 0.2) is 70.5 Å². The Morgan fingerprint density at radius 2 is 1.60 bits per heavy atom. The maximum atomic E-state index is 12.5. The average Bonchev–Trinajstić information content (AvgIpc) is 2.73. The van der Waals surface area contributed by atoms with Crippen LogP contribution in [0.4, 0.5) is 5.69 Å². The van der Waals surface area contributed by atoms with Gasteiger partial charge >= 0.3 is 11.1 Å². The Morgan fingerprint density at radius 3 is 2.20 bits per heavy atom. The quantitative estimate of drug-likeness (QED) is 0.478. The Bertz CT molecular complexity index is 1180. The van der Waals surface area contributed by atoms with Crippen molar-refractivity contribution < 1.29 is 14.3 Å². The van der Waals surface area contributed by atoms with E-state index in [-0.39, 0.29) is 12.3 Å². The number of anilines is 1. The van der Waals surface area contributed by atoms with Crippen LogP contribution in [-0.2, 0) is 11.3 Å². The fourth-order valence-corrected chi connectivity index (χ4v) is 2.85. The van der Waals surface area contributed by atoms with Gasteiger partial charge in [-0.15, -0.1) is 0 Å². The van der Waals surface area contributed by atoms with Crippen molar-refractivity contribution in [2.45, 2.75) is 20.4 Å². The molecule has 1 amide bonds. The zero-order valence-corrected chi connectivity index (χ0v) is 16.6. The van der Waals surface area contributed by atoms with Gasteiger partial charge in [-0.05, 0) is 62.4 Å². The van der Waals surface area contributed by atoms with Gasteiger partial charge < -0.3 is 10.1 Å². The minimum absolute atomic E-state index is 0.0764. The second-order valence-corrected chi connectivity index (χ2v) is 6.51. The summed E-state index contributed by atoms with van der Waals surface area (Å²) in [5.41, 5.74) is -0.0423. The van der Waals surface area contributed by atoms with Crippen molar-refractivity contribution in [1.29, 1.82) is 0 Å². The van der Waals surface area contributed by atoms with Gasteiger partial charge in [0.1, 0.15) is 12.3 Å². The molecule has 3 aromatic rings. The standard InChI is InChI=1S/C22H21N3O5/c1-3-30-19-10-8-18(9-11-19)25-13-12-24(21(28)22(25)29)14-20(27)23-17-6-4-16(5-7-17)15(2)26/h4-13H,3,14H2,1-2H3,(H,23,27). The number of Topliss-reactive ketones (excluding diaryl/α,β-unsaturated/α-hetero) is 1. The highest BCUT2D eigenvalue weighted by Gasteiger charge is 2.11. The van der Waals surface area contributed by atoms with Crippen LogP contribution in [-0.4, -0.2) is 27.4 Å². The number of hydrogen-bond acceptors (Lipinski definition) is 5. The maximum absolute atomic E-state index is 12.5. The smallest absolute Gasteiger partial charge is 0.320 e. The summed E-state index contributed by atoms with van der Waals surface area (Å²) >= 11 is 0. The van der Waals surface area contributed by atoms with E-state index >= 15 is 0 Å². The lowest BCUT2D eigenvalue weighted by Gasteiger charge is -2.10. The first kappa shape index (κ1) is 20.8. The number of amides is 1. The molecule has 1 aromatic heterocycles. The third-order valence-electron chi connectivity index (χ3n) is 4.37. The summed E-state index contributed by atoms with van der Waals surface area (Å²) in [6.07, 6.45) is 2.83. The molecule has 0 unspecified atom stereocenters. The summed E-state index contributed by atoms with van der Waals surface area (Å²) in [5, 5.41) is 2.64. The van der Waals surface area contributed by atoms with Crippen molar-refractivity contribution in [3.05, 3.63) is 87.2 Å². The zero-order valence-electron chi connectivity index (χ0n) is 16.6. The van der Waals surface area contributed by atoms with Gasteiger partial charge in [0.2, 0.25) is 5.91 Å². The van der Waals surface area contributed by atoms with E-state index in [0.717, 1.165) is 4.57 Å². The molecule has 0 atom stereocenters. The summed E-state index contributed by atoms with van der Waals surface area (Å²) in [4.78, 5) is 48.5. The van der Waals surface area contributed by atoms with Crippen LogP contribution in [0.1, 0.15) is 24.2 Å². The summed E-state index contributed by atoms with van der Waals surface area (Å²) < 4.78 is 7.63. The molecule has 0 aliphatic rings. The molecule has 0 aliphatic carbocycles. The molecule has 154 valence electrons. The number of aromatic nitrogens is 2. The fourth-order valence-electron chi connectivity index (χ4n) is 2.85. The molecule has 30 heavy (non-hydrogen) atoms. The lowest BCUT2D eigenvalue weighted by molar-refractivity contribution is -0.116. The molecule has 0 saturated carbocycles. The molecule has 0 radical (unpaired) electrons. The van der Waals surface area contributed by atoms with Gasteiger partial charge in [-0.2, -0.15) is 0 Å². The number of carbonyl (C=O) groups is 2. The largest absolute Gasteiger partial charge is 0.494 e. The minimum atomic E-state index is -0.812. The number of ketones is 1. The summed E-state index contributed by atoms with van der Waals surface area (Å²) in [7, 11) is 0. The van der Waals surface area contributed by atoms with Crippen molar-refractivity contribution in [3.63, 3.8) is 0 Å². The van der Waals surface area contributed by atoms with Crippen LogP contribution in [0.25, 0.3) is 5.69 Å². The van der Waals surface area contributed by atoms with Gasteiger partial charge in [-0.3, -0.25) is 28.3 Å². The molecule has 8 heteroatoms. The highest BCUT2D eigenvalue weighted by molar-refractivity contribution is 5.95. The number of ether oxygens (including phenoxy) is 1. The van der Waals surface area contributed by atoms with Gasteiger partial charge in [-0.1, -0.05) is 0 Å². The van der Waals surface area contributed by atoms with Crippen molar-refractivity contribution in [1.82, 2.24) is 9.13 Å². The second-order valence-electron chi connectivity index (χ2n) is 6.51. The Kier molecular flexibility index (Phi) is 6.26. The molecule has 8 nitrogen and oxygen atoms in total. The summed E-state index contributed by atoms with van der Waals surface area (Å²) in [6, 6.07) is 13.2. The highest BCUT2D eigenvalue weighted by atomic mass is 16.5. The second kappa shape index (κ2) is 9.04. The minimum Gasteiger partial charge on any atom is -0.494 e. The molecular formula is C22H21N3O5. The Balaban J connectivity index is 1.75. The predicted molar refractivity (Wildman–Crippen MR) is 113 cm³/mol. The lowest BCUT2D eigenvalue weighted by Crippen LogP contribution is -2.41. The van der Waals surface area contributed by atoms with Crippen molar-refractivity contribution >= 4 is 17.4 Å². The number of rotatable bonds is 7. The third-order valence-corrected chi connectivity index (χ3v) is 4.37. The van der Waals surface area contributed by atoms with E-state index < -0.39 is 17.0 Å². The van der Waals surface area contributed by atoms with E-state index in [4.69, 9.17) is 4.74 Å². The van der Waals surface area contributed by atoms with Gasteiger partial charge in [0, 0.05) is 29.3 Å². The maximum Gasteiger partial charge on any atom is 0.320 e. The van der Waals surface area contributed by atoms with E-state index in [1.54, 1.807) is 48.5 Å². The van der Waals surface area contributed by atoms with Crippen LogP contribution in [0.3, 0.4) is 0 Å². The summed E-state index contributed by atoms with van der Waals surface area (Å²) in [6.45, 7) is 3.54. The van der Waals surface area contributed by atoms with Crippen LogP contribution >= 0.6 is 0 Å². The number of carbonyl (C=O) groups excluding carboxylic acids is 2. The molecule has 0 aliphatic heterocycles. The topological polar surface area (TPSA) is 99.4 Å². The van der Waals surface area contributed by atoms with Crippen LogP contribution < -0.4 is 21.2 Å². The molecule has 2 aromatic carbocycles. The van der Waals surface area contributed by atoms with E-state index in [0.29, 0.717) is 29.3 Å². The van der Waals surface area contributed by atoms with Gasteiger partial charge in [-0.25, -0.2) is 0 Å². The molecule has 1 heterocycles. The Hall–Kier alpha value is -3.94. The van der Waals surface area contributed by atoms with Gasteiger partial charge in [0.25, 0.3) is 0 Å². The lowest BCUT2D eigenvalue weighted by atomic mass is 10.1. The number of benzene rings is 2. The molecule has 1 N–H and O–H groups in total. The van der Waals surface area contributed by atoms with Crippen molar-refractivity contribution in [2.24, 2.45) is 0 Å². The van der Waals surface area contributed by atoms with Crippen molar-refractivity contribution in [2.75, 3.05) is 11.9 Å². The highest BCUT2D eigenvalue weighted by Crippen LogP contribution is 2.14. The first-order valence-electron chi connectivity index (χ1n) is 9.35. The van der Waals surface area contributed by atoms with Crippen LogP contribution in [0.2, 0.25) is 0 Å². The Labute approximate surface area is 172 Å². The van der Waals surface area contributed by atoms with E-state index in [9.17, 15) is 19.2 Å². The molecule has 0 saturated heterocycles. The Morgan fingerprint density at radius 1 is 0.933 bits per heavy atom. The monoisotopic (exact) mass is 407 g/mol. The third kappa shape index (κ3) is 4.72. The predicted octanol–water partition coefficient (Wildman–Crippen LogP) is 2.24. The average molecular weight is 407 g/mol. The van der Waals surface area contributed by atoms with Crippen LogP contribution in [0, 0.1) is 0 Å². The first-order valence-corrected chi connectivity index (χ1v) is 9.35. The number of hydrogen-bond donors (Lipinski definition) is 1. The first-order chi connectivity index (χ1) is 14.4.